The second-order valence-corrected chi connectivity index (χ2v) is 4.14. The van der Waals surface area contributed by atoms with Gasteiger partial charge in [-0.25, -0.2) is 4.79 Å². The van der Waals surface area contributed by atoms with E-state index in [2.05, 4.69) is 0 Å². The first kappa shape index (κ1) is 15.3. The van der Waals surface area contributed by atoms with E-state index in [0.29, 0.717) is 5.02 Å². The van der Waals surface area contributed by atoms with E-state index in [1.807, 2.05) is 0 Å². The number of carboxylic acid groups (broad SMARTS) is 1. The molecule has 104 valence electrons. The fourth-order valence-electron chi connectivity index (χ4n) is 1.49. The molecule has 0 aliphatic carbocycles. The van der Waals surface area contributed by atoms with Gasteiger partial charge in [0.1, 0.15) is 0 Å². The van der Waals surface area contributed by atoms with Gasteiger partial charge in [0.15, 0.2) is 6.04 Å². The minimum Gasteiger partial charge on any atom is -0.479 e. The molecule has 1 aromatic rings. The number of hydrogen-bond acceptors (Lipinski definition) is 2. The van der Waals surface area contributed by atoms with E-state index in [1.54, 1.807) is 0 Å². The quantitative estimate of drug-likeness (QED) is 0.932. The number of alkyl halides is 3. The third kappa shape index (κ3) is 3.60. The van der Waals surface area contributed by atoms with Crippen LogP contribution in [0, 0.1) is 0 Å². The summed E-state index contributed by atoms with van der Waals surface area (Å²) >= 11 is 5.60. The van der Waals surface area contributed by atoms with Crippen molar-refractivity contribution in [1.82, 2.24) is 4.90 Å². The summed E-state index contributed by atoms with van der Waals surface area (Å²) in [4.78, 5) is 22.3. The molecule has 0 unspecified atom stereocenters. The van der Waals surface area contributed by atoms with Gasteiger partial charge in [0.25, 0.3) is 0 Å². The average molecular weight is 296 g/mol. The second kappa shape index (κ2) is 5.48. The molecule has 0 spiro atoms. The Labute approximate surface area is 111 Å². The Morgan fingerprint density at radius 1 is 1.26 bits per heavy atom. The highest BCUT2D eigenvalue weighted by Crippen LogP contribution is 2.26. The van der Waals surface area contributed by atoms with Crippen molar-refractivity contribution in [3.8, 4) is 0 Å². The summed E-state index contributed by atoms with van der Waals surface area (Å²) < 4.78 is 36.9. The van der Waals surface area contributed by atoms with Crippen LogP contribution < -0.4 is 0 Å². The van der Waals surface area contributed by atoms with Crippen LogP contribution in [-0.4, -0.2) is 35.1 Å². The summed E-state index contributed by atoms with van der Waals surface area (Å²) in [6.45, 7) is 0. The lowest BCUT2D eigenvalue weighted by molar-refractivity contribution is -0.188. The first-order chi connectivity index (χ1) is 8.64. The number of carboxylic acids is 1. The van der Waals surface area contributed by atoms with Crippen LogP contribution >= 0.6 is 11.6 Å². The molecule has 1 rings (SSSR count). The lowest BCUT2D eigenvalue weighted by Gasteiger charge is -2.25. The highest BCUT2D eigenvalue weighted by atomic mass is 35.5. The molecule has 0 radical (unpaired) electrons. The molecule has 0 aromatic heterocycles. The van der Waals surface area contributed by atoms with Crippen LogP contribution in [0.1, 0.15) is 11.6 Å². The largest absolute Gasteiger partial charge is 0.479 e. The topological polar surface area (TPSA) is 57.6 Å². The zero-order chi connectivity index (χ0) is 14.8. The fraction of sp³-hybridized carbons (Fsp3) is 0.273. The minimum atomic E-state index is -5.13. The Balaban J connectivity index is 3.12. The first-order valence-electron chi connectivity index (χ1n) is 4.97. The van der Waals surface area contributed by atoms with Crippen molar-refractivity contribution < 1.29 is 27.9 Å². The number of hydrogen-bond donors (Lipinski definition) is 1. The maximum Gasteiger partial charge on any atom is 0.471 e. The molecule has 19 heavy (non-hydrogen) atoms. The molecule has 0 saturated carbocycles. The van der Waals surface area contributed by atoms with Gasteiger partial charge in [0.2, 0.25) is 0 Å². The number of carbonyl (C=O) groups is 2. The summed E-state index contributed by atoms with van der Waals surface area (Å²) in [6.07, 6.45) is -5.13. The van der Waals surface area contributed by atoms with Crippen LogP contribution in [-0.2, 0) is 9.59 Å². The Morgan fingerprint density at radius 2 is 1.74 bits per heavy atom. The smallest absolute Gasteiger partial charge is 0.471 e. The Kier molecular flexibility index (Phi) is 4.41. The third-order valence-electron chi connectivity index (χ3n) is 2.37. The molecule has 0 saturated heterocycles. The molecular formula is C11H9ClF3NO3. The van der Waals surface area contributed by atoms with Gasteiger partial charge in [0, 0.05) is 12.1 Å². The molecule has 0 aliphatic rings. The van der Waals surface area contributed by atoms with Crippen LogP contribution in [0.2, 0.25) is 5.02 Å². The highest BCUT2D eigenvalue weighted by molar-refractivity contribution is 6.30. The van der Waals surface area contributed by atoms with Crippen molar-refractivity contribution >= 4 is 23.5 Å². The van der Waals surface area contributed by atoms with Crippen molar-refractivity contribution in [2.75, 3.05) is 7.05 Å². The molecule has 4 nitrogen and oxygen atoms in total. The van der Waals surface area contributed by atoms with E-state index in [1.165, 1.54) is 24.3 Å². The Hall–Kier alpha value is -1.76. The standard InChI is InChI=1S/C11H9ClF3NO3/c1-16(10(19)11(13,14)15)8(9(17)18)6-2-4-7(12)5-3-6/h2-5,8H,1H3,(H,17,18)/t8-/m1/s1. The molecule has 1 atom stereocenters. The molecule has 1 amide bonds. The predicted octanol–water partition coefficient (Wildman–Crippen LogP) is 2.49. The van der Waals surface area contributed by atoms with Crippen molar-refractivity contribution in [2.24, 2.45) is 0 Å². The summed E-state index contributed by atoms with van der Waals surface area (Å²) in [5.74, 6) is -3.79. The normalized spacial score (nSPS) is 12.9. The van der Waals surface area contributed by atoms with Crippen molar-refractivity contribution in [3.63, 3.8) is 0 Å². The van der Waals surface area contributed by atoms with E-state index >= 15 is 0 Å². The summed E-state index contributed by atoms with van der Waals surface area (Å²) in [5.41, 5.74) is 0.0250. The van der Waals surface area contributed by atoms with Gasteiger partial charge in [0.05, 0.1) is 0 Å². The van der Waals surface area contributed by atoms with Crippen molar-refractivity contribution in [3.05, 3.63) is 34.9 Å². The van der Waals surface area contributed by atoms with Crippen LogP contribution in [0.3, 0.4) is 0 Å². The van der Waals surface area contributed by atoms with Gasteiger partial charge in [-0.2, -0.15) is 13.2 Å². The number of carbonyl (C=O) groups excluding carboxylic acids is 1. The summed E-state index contributed by atoms with van der Waals surface area (Å²) in [5, 5.41) is 9.29. The highest BCUT2D eigenvalue weighted by Gasteiger charge is 2.45. The van der Waals surface area contributed by atoms with Gasteiger partial charge in [-0.3, -0.25) is 4.79 Å². The number of nitrogens with zero attached hydrogens (tertiary/aromatic N) is 1. The molecule has 1 N–H and O–H groups in total. The van der Waals surface area contributed by atoms with Gasteiger partial charge in [-0.05, 0) is 17.7 Å². The number of benzene rings is 1. The first-order valence-corrected chi connectivity index (χ1v) is 5.34. The third-order valence-corrected chi connectivity index (χ3v) is 2.62. The molecular weight excluding hydrogens is 287 g/mol. The number of rotatable bonds is 3. The molecule has 0 heterocycles. The van der Waals surface area contributed by atoms with Crippen molar-refractivity contribution in [1.29, 1.82) is 0 Å². The molecule has 1 aromatic carbocycles. The van der Waals surface area contributed by atoms with Gasteiger partial charge < -0.3 is 10.0 Å². The summed E-state index contributed by atoms with van der Waals surface area (Å²) in [6, 6.07) is 3.44. The van der Waals surface area contributed by atoms with E-state index in [-0.39, 0.29) is 10.5 Å². The summed E-state index contributed by atoms with van der Waals surface area (Å²) in [7, 11) is 0.781. The van der Waals surface area contributed by atoms with E-state index in [9.17, 15) is 22.8 Å². The molecule has 8 heteroatoms. The van der Waals surface area contributed by atoms with Gasteiger partial charge in [-0.1, -0.05) is 23.7 Å². The monoisotopic (exact) mass is 295 g/mol. The maximum absolute atomic E-state index is 12.3. The van der Waals surface area contributed by atoms with Crippen LogP contribution in [0.25, 0.3) is 0 Å². The van der Waals surface area contributed by atoms with Crippen LogP contribution in [0.5, 0.6) is 0 Å². The van der Waals surface area contributed by atoms with Crippen molar-refractivity contribution in [2.45, 2.75) is 12.2 Å². The van der Waals surface area contributed by atoms with Crippen LogP contribution in [0.15, 0.2) is 24.3 Å². The SMILES string of the molecule is CN(C(=O)C(F)(F)F)[C@@H](C(=O)O)c1ccc(Cl)cc1. The lowest BCUT2D eigenvalue weighted by Crippen LogP contribution is -2.43. The number of likely N-dealkylation sites (N-methyl/N-ethyl adjacent to an activating group) is 1. The zero-order valence-corrected chi connectivity index (χ0v) is 10.4. The Bertz CT molecular complexity index is 487. The van der Waals surface area contributed by atoms with E-state index in [0.717, 1.165) is 7.05 Å². The zero-order valence-electron chi connectivity index (χ0n) is 9.61. The molecule has 0 bridgehead atoms. The predicted molar refractivity (Wildman–Crippen MR) is 60.7 cm³/mol. The average Bonchev–Trinajstić information content (AvgIpc) is 2.29. The minimum absolute atomic E-state index is 0.0250. The Morgan fingerprint density at radius 3 is 2.11 bits per heavy atom. The lowest BCUT2D eigenvalue weighted by atomic mass is 10.1. The fourth-order valence-corrected chi connectivity index (χ4v) is 1.62. The van der Waals surface area contributed by atoms with Gasteiger partial charge in [-0.15, -0.1) is 0 Å². The van der Waals surface area contributed by atoms with Gasteiger partial charge >= 0.3 is 18.1 Å². The molecule has 0 aliphatic heterocycles. The maximum atomic E-state index is 12.3. The number of amides is 1. The number of aliphatic carboxylic acids is 1. The molecule has 0 fully saturated rings. The van der Waals surface area contributed by atoms with Crippen LogP contribution in [0.4, 0.5) is 13.2 Å². The number of halogens is 4. The second-order valence-electron chi connectivity index (χ2n) is 3.71. The van der Waals surface area contributed by atoms with E-state index < -0.39 is 24.1 Å². The van der Waals surface area contributed by atoms with E-state index in [4.69, 9.17) is 16.7 Å².